The maximum absolute atomic E-state index is 5.47. The zero-order chi connectivity index (χ0) is 18.0. The predicted molar refractivity (Wildman–Crippen MR) is 94.9 cm³/mol. The molecule has 3 rings (SSSR count). The van der Waals surface area contributed by atoms with Gasteiger partial charge >= 0.3 is 0 Å². The minimum atomic E-state index is 0.275. The Balaban J connectivity index is 2.04. The Kier molecular flexibility index (Phi) is 5.26. The standard InChI is InChI=1S/C16H21N5O3S/c1-8(17-3)6-10-18-15(24-21-10)13-9(2)12-14(23-5)19-11(7-22-4)20-16(12)25-13/h8,17H,6-7H2,1-5H3. The lowest BCUT2D eigenvalue weighted by atomic mass is 10.2. The van der Waals surface area contributed by atoms with Gasteiger partial charge in [0.15, 0.2) is 11.6 Å². The van der Waals surface area contributed by atoms with Crippen molar-refractivity contribution in [3.63, 3.8) is 0 Å². The largest absolute Gasteiger partial charge is 0.480 e. The number of aromatic nitrogens is 4. The second-order valence-corrected chi connectivity index (χ2v) is 6.73. The molecular weight excluding hydrogens is 342 g/mol. The van der Waals surface area contributed by atoms with Crippen molar-refractivity contribution in [2.24, 2.45) is 0 Å². The van der Waals surface area contributed by atoms with Crippen molar-refractivity contribution in [2.75, 3.05) is 21.3 Å². The van der Waals surface area contributed by atoms with E-state index in [1.165, 1.54) is 11.3 Å². The molecule has 0 bridgehead atoms. The topological polar surface area (TPSA) is 95.2 Å². The third kappa shape index (κ3) is 3.48. The van der Waals surface area contributed by atoms with Crippen LogP contribution in [0.3, 0.4) is 0 Å². The molecule has 25 heavy (non-hydrogen) atoms. The van der Waals surface area contributed by atoms with E-state index in [2.05, 4.69) is 32.3 Å². The molecule has 1 unspecified atom stereocenters. The first kappa shape index (κ1) is 17.7. The van der Waals surface area contributed by atoms with Gasteiger partial charge in [0.05, 0.1) is 17.4 Å². The van der Waals surface area contributed by atoms with Crippen LogP contribution in [-0.4, -0.2) is 47.4 Å². The number of methoxy groups -OCH3 is 2. The SMILES string of the molecule is CNC(C)Cc1noc(-c2sc3nc(COC)nc(OC)c3c2C)n1. The lowest BCUT2D eigenvalue weighted by Crippen LogP contribution is -2.24. The molecule has 1 N–H and O–H groups in total. The maximum Gasteiger partial charge on any atom is 0.268 e. The van der Waals surface area contributed by atoms with Crippen molar-refractivity contribution < 1.29 is 14.0 Å². The normalized spacial score (nSPS) is 12.7. The third-order valence-electron chi connectivity index (χ3n) is 3.91. The fourth-order valence-electron chi connectivity index (χ4n) is 2.49. The zero-order valence-corrected chi connectivity index (χ0v) is 15.7. The predicted octanol–water partition coefficient (Wildman–Crippen LogP) is 2.36. The molecule has 3 aromatic rings. The molecule has 3 aromatic heterocycles. The fourth-order valence-corrected chi connectivity index (χ4v) is 3.61. The van der Waals surface area contributed by atoms with Crippen LogP contribution in [0.1, 0.15) is 24.1 Å². The van der Waals surface area contributed by atoms with Crippen molar-refractivity contribution >= 4 is 21.6 Å². The van der Waals surface area contributed by atoms with Gasteiger partial charge in [-0.3, -0.25) is 0 Å². The minimum absolute atomic E-state index is 0.275. The highest BCUT2D eigenvalue weighted by atomic mass is 32.1. The monoisotopic (exact) mass is 363 g/mol. The summed E-state index contributed by atoms with van der Waals surface area (Å²) in [7, 11) is 5.11. The summed E-state index contributed by atoms with van der Waals surface area (Å²) in [5.74, 6) is 2.27. The summed E-state index contributed by atoms with van der Waals surface area (Å²) in [6.07, 6.45) is 0.699. The summed E-state index contributed by atoms with van der Waals surface area (Å²) < 4.78 is 16.0. The van der Waals surface area contributed by atoms with Gasteiger partial charge in [0.1, 0.15) is 11.4 Å². The molecule has 0 aliphatic heterocycles. The molecule has 8 nitrogen and oxygen atoms in total. The average molecular weight is 363 g/mol. The number of likely N-dealkylation sites (N-methyl/N-ethyl adjacent to an activating group) is 1. The Morgan fingerprint density at radius 1 is 1.20 bits per heavy atom. The zero-order valence-electron chi connectivity index (χ0n) is 14.9. The summed E-state index contributed by atoms with van der Waals surface area (Å²) in [6.45, 7) is 4.37. The van der Waals surface area contributed by atoms with Crippen molar-refractivity contribution in [3.8, 4) is 16.6 Å². The lowest BCUT2D eigenvalue weighted by molar-refractivity contribution is 0.177. The number of nitrogens with one attached hydrogen (secondary N) is 1. The number of fused-ring (bicyclic) bond motifs is 1. The molecule has 0 saturated carbocycles. The fraction of sp³-hybridized carbons (Fsp3) is 0.500. The molecule has 3 heterocycles. The summed E-state index contributed by atoms with van der Waals surface area (Å²) >= 11 is 1.49. The molecular formula is C16H21N5O3S. The van der Waals surface area contributed by atoms with Gasteiger partial charge in [-0.15, -0.1) is 11.3 Å². The Labute approximate surface area is 149 Å². The van der Waals surface area contributed by atoms with Gasteiger partial charge in [0.25, 0.3) is 5.89 Å². The van der Waals surface area contributed by atoms with Crippen LogP contribution in [0, 0.1) is 6.92 Å². The minimum Gasteiger partial charge on any atom is -0.480 e. The molecule has 0 spiro atoms. The van der Waals surface area contributed by atoms with Crippen LogP contribution >= 0.6 is 11.3 Å². The molecule has 0 fully saturated rings. The van der Waals surface area contributed by atoms with Crippen molar-refractivity contribution in [1.29, 1.82) is 0 Å². The number of hydrogen-bond donors (Lipinski definition) is 1. The Bertz CT molecular complexity index is 876. The van der Waals surface area contributed by atoms with Crippen LogP contribution in [0.5, 0.6) is 5.88 Å². The second-order valence-electron chi connectivity index (χ2n) is 5.73. The lowest BCUT2D eigenvalue weighted by Gasteiger charge is -2.04. The third-order valence-corrected chi connectivity index (χ3v) is 5.09. The summed E-state index contributed by atoms with van der Waals surface area (Å²) in [5, 5.41) is 8.10. The molecule has 1 atom stereocenters. The molecule has 0 amide bonds. The van der Waals surface area contributed by atoms with Gasteiger partial charge in [-0.1, -0.05) is 5.16 Å². The van der Waals surface area contributed by atoms with E-state index in [9.17, 15) is 0 Å². The van der Waals surface area contributed by atoms with Gasteiger partial charge in [0.2, 0.25) is 5.88 Å². The van der Waals surface area contributed by atoms with E-state index < -0.39 is 0 Å². The van der Waals surface area contributed by atoms with Gasteiger partial charge in [-0.2, -0.15) is 9.97 Å². The van der Waals surface area contributed by atoms with Gasteiger partial charge in [0, 0.05) is 19.6 Å². The van der Waals surface area contributed by atoms with E-state index in [0.29, 0.717) is 36.4 Å². The quantitative estimate of drug-likeness (QED) is 0.683. The summed E-state index contributed by atoms with van der Waals surface area (Å²) in [6, 6.07) is 0.275. The highest BCUT2D eigenvalue weighted by Crippen LogP contribution is 2.40. The number of aryl methyl sites for hydroxylation is 1. The number of ether oxygens (including phenoxy) is 2. The molecule has 0 saturated heterocycles. The Hall–Kier alpha value is -2.10. The number of thiophene rings is 1. The maximum atomic E-state index is 5.47. The first-order chi connectivity index (χ1) is 12.1. The molecule has 0 aliphatic carbocycles. The number of rotatable bonds is 7. The molecule has 134 valence electrons. The van der Waals surface area contributed by atoms with Gasteiger partial charge in [-0.05, 0) is 26.5 Å². The highest BCUT2D eigenvalue weighted by Gasteiger charge is 2.22. The van der Waals surface area contributed by atoms with E-state index in [0.717, 1.165) is 20.7 Å². The van der Waals surface area contributed by atoms with Crippen LogP contribution in [0.4, 0.5) is 0 Å². The summed E-state index contributed by atoms with van der Waals surface area (Å²) in [5.41, 5.74) is 0.970. The van der Waals surface area contributed by atoms with E-state index in [1.54, 1.807) is 14.2 Å². The van der Waals surface area contributed by atoms with Crippen LogP contribution in [0.25, 0.3) is 21.0 Å². The molecule has 0 radical (unpaired) electrons. The smallest absolute Gasteiger partial charge is 0.268 e. The van der Waals surface area contributed by atoms with Crippen molar-refractivity contribution in [1.82, 2.24) is 25.4 Å². The number of nitrogens with zero attached hydrogens (tertiary/aromatic N) is 4. The molecule has 0 aliphatic rings. The highest BCUT2D eigenvalue weighted by molar-refractivity contribution is 7.22. The first-order valence-corrected chi connectivity index (χ1v) is 8.72. The van der Waals surface area contributed by atoms with Crippen molar-refractivity contribution in [3.05, 3.63) is 17.2 Å². The summed E-state index contributed by atoms with van der Waals surface area (Å²) in [4.78, 5) is 15.2. The van der Waals surface area contributed by atoms with E-state index in [-0.39, 0.29) is 6.04 Å². The van der Waals surface area contributed by atoms with E-state index in [1.807, 2.05) is 14.0 Å². The van der Waals surface area contributed by atoms with Crippen LogP contribution in [0.15, 0.2) is 4.52 Å². The van der Waals surface area contributed by atoms with E-state index >= 15 is 0 Å². The van der Waals surface area contributed by atoms with Crippen molar-refractivity contribution in [2.45, 2.75) is 32.9 Å². The Morgan fingerprint density at radius 2 is 2.00 bits per heavy atom. The first-order valence-electron chi connectivity index (χ1n) is 7.90. The van der Waals surface area contributed by atoms with Crippen LogP contribution < -0.4 is 10.1 Å². The van der Waals surface area contributed by atoms with E-state index in [4.69, 9.17) is 14.0 Å². The number of hydrogen-bond acceptors (Lipinski definition) is 9. The second kappa shape index (κ2) is 7.42. The van der Waals surface area contributed by atoms with Gasteiger partial charge in [-0.25, -0.2) is 4.98 Å². The molecule has 0 aromatic carbocycles. The van der Waals surface area contributed by atoms with Gasteiger partial charge < -0.3 is 19.3 Å². The van der Waals surface area contributed by atoms with Crippen LogP contribution in [-0.2, 0) is 17.8 Å². The Morgan fingerprint density at radius 3 is 2.68 bits per heavy atom. The average Bonchev–Trinajstić information content (AvgIpc) is 3.19. The molecule has 9 heteroatoms. The van der Waals surface area contributed by atoms with Crippen LogP contribution in [0.2, 0.25) is 0 Å².